The van der Waals surface area contributed by atoms with E-state index in [1.807, 2.05) is 0 Å². The lowest BCUT2D eigenvalue weighted by Crippen LogP contribution is -2.34. The highest BCUT2D eigenvalue weighted by molar-refractivity contribution is 6.01. The Kier molecular flexibility index (Phi) is 9.65. The molecule has 9 nitrogen and oxygen atoms in total. The van der Waals surface area contributed by atoms with E-state index in [-0.39, 0.29) is 36.4 Å². The Morgan fingerprint density at radius 1 is 0.756 bits per heavy atom. The summed E-state index contributed by atoms with van der Waals surface area (Å²) in [5, 5.41) is 13.6. The third-order valence-electron chi connectivity index (χ3n) is 5.15. The Labute approximate surface area is 228 Å². The molecule has 3 aromatic rings. The molecular weight excluding hydrogens is 564 g/mol. The van der Waals surface area contributed by atoms with Gasteiger partial charge in [-0.3, -0.25) is 14.5 Å². The average Bonchev–Trinajstić information content (AvgIpc) is 2.87. The van der Waals surface area contributed by atoms with E-state index in [9.17, 15) is 40.7 Å². The molecule has 0 fully saturated rings. The number of rotatable bonds is 10. The fraction of sp³-hybridized carbons (Fsp3) is 0.192. The normalized spacial score (nSPS) is 11.4. The summed E-state index contributed by atoms with van der Waals surface area (Å²) in [4.78, 5) is 37.1. The van der Waals surface area contributed by atoms with Crippen LogP contribution in [0.2, 0.25) is 0 Å². The lowest BCUT2D eigenvalue weighted by atomic mass is 10.1. The Bertz CT molecular complexity index is 1340. The van der Waals surface area contributed by atoms with Crippen molar-refractivity contribution in [2.45, 2.75) is 25.7 Å². The van der Waals surface area contributed by atoms with Gasteiger partial charge < -0.3 is 25.2 Å². The molecule has 0 aliphatic heterocycles. The molecule has 0 heterocycles. The number of hydrogen-bond acceptors (Lipinski definition) is 5. The monoisotopic (exact) mass is 585 g/mol. The number of hydrogen-bond donors (Lipinski definition) is 3. The van der Waals surface area contributed by atoms with Gasteiger partial charge in [0.15, 0.2) is 0 Å². The fourth-order valence-electron chi connectivity index (χ4n) is 3.37. The summed E-state index contributed by atoms with van der Waals surface area (Å²) in [7, 11) is 0. The third kappa shape index (κ3) is 10.3. The van der Waals surface area contributed by atoms with Crippen LogP contribution in [0.4, 0.5) is 42.5 Å². The van der Waals surface area contributed by atoms with Crippen LogP contribution < -0.4 is 25.0 Å². The molecule has 0 saturated heterocycles. The fourth-order valence-corrected chi connectivity index (χ4v) is 3.37. The molecule has 0 saturated carbocycles. The SMILES string of the molecule is O=C(O)CCNC(=O)c1ccc(CN(C(=O)Nc2ccc(OC(F)(F)F)cc2)c2ccc(OC(F)(F)F)cc2)cc1. The molecule has 3 N–H and O–H groups in total. The summed E-state index contributed by atoms with van der Waals surface area (Å²) in [6.45, 7) is -0.220. The predicted octanol–water partition coefficient (Wildman–Crippen LogP) is 5.93. The van der Waals surface area contributed by atoms with Gasteiger partial charge in [0.2, 0.25) is 0 Å². The van der Waals surface area contributed by atoms with Crippen LogP contribution in [0, 0.1) is 0 Å². The van der Waals surface area contributed by atoms with Gasteiger partial charge in [-0.25, -0.2) is 4.79 Å². The van der Waals surface area contributed by atoms with Crippen molar-refractivity contribution < 1.29 is 55.3 Å². The number of aliphatic carboxylic acids is 1. The number of nitrogens with zero attached hydrogens (tertiary/aromatic N) is 1. The molecular formula is C26H21F6N3O6. The van der Waals surface area contributed by atoms with Crippen LogP contribution in [-0.4, -0.2) is 42.3 Å². The molecule has 0 aromatic heterocycles. The molecule has 41 heavy (non-hydrogen) atoms. The second kappa shape index (κ2) is 12.9. The first-order valence-electron chi connectivity index (χ1n) is 11.6. The highest BCUT2D eigenvalue weighted by Crippen LogP contribution is 2.28. The molecule has 0 unspecified atom stereocenters. The van der Waals surface area contributed by atoms with Crippen molar-refractivity contribution in [1.82, 2.24) is 5.32 Å². The van der Waals surface area contributed by atoms with Gasteiger partial charge in [0.05, 0.1) is 13.0 Å². The smallest absolute Gasteiger partial charge is 0.481 e. The maximum Gasteiger partial charge on any atom is 0.573 e. The zero-order valence-electron chi connectivity index (χ0n) is 20.8. The summed E-state index contributed by atoms with van der Waals surface area (Å²) in [5.74, 6) is -2.65. The molecule has 218 valence electrons. The molecule has 0 aliphatic carbocycles. The number of nitrogens with one attached hydrogen (secondary N) is 2. The van der Waals surface area contributed by atoms with Crippen LogP contribution in [0.1, 0.15) is 22.3 Å². The number of carbonyl (C=O) groups is 3. The van der Waals surface area contributed by atoms with E-state index < -0.39 is 42.1 Å². The highest BCUT2D eigenvalue weighted by Gasteiger charge is 2.32. The van der Waals surface area contributed by atoms with Crippen molar-refractivity contribution in [2.24, 2.45) is 0 Å². The van der Waals surface area contributed by atoms with E-state index in [4.69, 9.17) is 5.11 Å². The zero-order chi connectivity index (χ0) is 30.2. The van der Waals surface area contributed by atoms with Gasteiger partial charge in [0, 0.05) is 23.5 Å². The molecule has 15 heteroatoms. The standard InChI is InChI=1S/C26H21F6N3O6/c27-25(28,29)40-20-9-5-18(6-10-20)34-24(39)35(19-7-11-21(12-8-19)41-26(30,31)32)15-16-1-3-17(4-2-16)23(38)33-14-13-22(36)37/h1-12H,13-15H2,(H,33,38)(H,34,39)(H,36,37). The van der Waals surface area contributed by atoms with Crippen molar-refractivity contribution in [3.05, 3.63) is 83.9 Å². The lowest BCUT2D eigenvalue weighted by molar-refractivity contribution is -0.275. The highest BCUT2D eigenvalue weighted by atomic mass is 19.4. The maximum absolute atomic E-state index is 13.2. The summed E-state index contributed by atoms with van der Waals surface area (Å²) >= 11 is 0. The minimum atomic E-state index is -4.93. The molecule has 3 aromatic carbocycles. The van der Waals surface area contributed by atoms with E-state index in [0.717, 1.165) is 41.3 Å². The largest absolute Gasteiger partial charge is 0.573 e. The number of alkyl halides is 6. The number of anilines is 2. The van der Waals surface area contributed by atoms with Crippen molar-refractivity contribution in [1.29, 1.82) is 0 Å². The second-order valence-electron chi connectivity index (χ2n) is 8.23. The molecule has 0 bridgehead atoms. The number of carboxylic acid groups (broad SMARTS) is 1. The average molecular weight is 585 g/mol. The third-order valence-corrected chi connectivity index (χ3v) is 5.15. The van der Waals surface area contributed by atoms with Crippen LogP contribution >= 0.6 is 0 Å². The Morgan fingerprint density at radius 2 is 1.27 bits per heavy atom. The van der Waals surface area contributed by atoms with Gasteiger partial charge >= 0.3 is 24.7 Å². The summed E-state index contributed by atoms with van der Waals surface area (Å²) in [5.41, 5.74) is 0.946. The number of benzene rings is 3. The molecule has 0 aliphatic rings. The van der Waals surface area contributed by atoms with Crippen LogP contribution in [-0.2, 0) is 11.3 Å². The number of urea groups is 1. The number of halogens is 6. The first-order valence-corrected chi connectivity index (χ1v) is 11.6. The number of amides is 3. The summed E-state index contributed by atoms with van der Waals surface area (Å²) in [6.07, 6.45) is -10.1. The Hall–Kier alpha value is -4.95. The van der Waals surface area contributed by atoms with E-state index in [1.165, 1.54) is 36.4 Å². The second-order valence-corrected chi connectivity index (χ2v) is 8.23. The van der Waals surface area contributed by atoms with Crippen molar-refractivity contribution in [2.75, 3.05) is 16.8 Å². The van der Waals surface area contributed by atoms with Crippen LogP contribution in [0.25, 0.3) is 0 Å². The summed E-state index contributed by atoms with van der Waals surface area (Å²) in [6, 6.07) is 13.8. The van der Waals surface area contributed by atoms with E-state index >= 15 is 0 Å². The van der Waals surface area contributed by atoms with Gasteiger partial charge in [-0.1, -0.05) is 12.1 Å². The number of carboxylic acids is 1. The van der Waals surface area contributed by atoms with E-state index in [1.54, 1.807) is 0 Å². The van der Waals surface area contributed by atoms with Crippen LogP contribution in [0.3, 0.4) is 0 Å². The Morgan fingerprint density at radius 3 is 1.76 bits per heavy atom. The first kappa shape index (κ1) is 30.6. The van der Waals surface area contributed by atoms with Gasteiger partial charge in [-0.05, 0) is 66.2 Å². The summed E-state index contributed by atoms with van der Waals surface area (Å²) < 4.78 is 82.5. The minimum absolute atomic E-state index is 0.0821. The van der Waals surface area contributed by atoms with Crippen LogP contribution in [0.5, 0.6) is 11.5 Å². The molecule has 0 radical (unpaired) electrons. The van der Waals surface area contributed by atoms with Crippen LogP contribution in [0.15, 0.2) is 72.8 Å². The van der Waals surface area contributed by atoms with E-state index in [2.05, 4.69) is 20.1 Å². The van der Waals surface area contributed by atoms with Gasteiger partial charge in [0.1, 0.15) is 11.5 Å². The number of ether oxygens (including phenoxy) is 2. The quantitative estimate of drug-likeness (QED) is 0.254. The van der Waals surface area contributed by atoms with Crippen molar-refractivity contribution in [3.63, 3.8) is 0 Å². The maximum atomic E-state index is 13.2. The Balaban J connectivity index is 1.79. The molecule has 3 amide bonds. The van der Waals surface area contributed by atoms with Gasteiger partial charge in [-0.2, -0.15) is 0 Å². The lowest BCUT2D eigenvalue weighted by Gasteiger charge is -2.24. The number of carbonyl (C=O) groups excluding carboxylic acids is 2. The minimum Gasteiger partial charge on any atom is -0.481 e. The first-order chi connectivity index (χ1) is 19.2. The molecule has 3 rings (SSSR count). The molecule has 0 spiro atoms. The zero-order valence-corrected chi connectivity index (χ0v) is 20.8. The van der Waals surface area contributed by atoms with Gasteiger partial charge in [0.25, 0.3) is 5.91 Å². The predicted molar refractivity (Wildman–Crippen MR) is 132 cm³/mol. The topological polar surface area (TPSA) is 117 Å². The molecule has 0 atom stereocenters. The van der Waals surface area contributed by atoms with Crippen molar-refractivity contribution in [3.8, 4) is 11.5 Å². The van der Waals surface area contributed by atoms with Crippen molar-refractivity contribution >= 4 is 29.3 Å². The van der Waals surface area contributed by atoms with E-state index in [0.29, 0.717) is 5.56 Å². The van der Waals surface area contributed by atoms with Gasteiger partial charge in [-0.15, -0.1) is 26.3 Å².